The topological polar surface area (TPSA) is 66.5 Å². The Labute approximate surface area is 160 Å². The number of nitrogens with zero attached hydrogens (tertiary/aromatic N) is 1. The van der Waals surface area contributed by atoms with Crippen LogP contribution < -0.4 is 9.62 Å². The average Bonchev–Trinajstić information content (AvgIpc) is 2.54. The lowest BCUT2D eigenvalue weighted by molar-refractivity contribution is -0.119. The van der Waals surface area contributed by atoms with Crippen LogP contribution in [0.4, 0.5) is 10.1 Å². The highest BCUT2D eigenvalue weighted by atomic mass is 32.2. The van der Waals surface area contributed by atoms with Crippen molar-refractivity contribution in [2.24, 2.45) is 0 Å². The molecule has 0 radical (unpaired) electrons. The molecule has 1 N–H and O–H groups in total. The van der Waals surface area contributed by atoms with Crippen molar-refractivity contribution in [3.05, 3.63) is 64.5 Å². The van der Waals surface area contributed by atoms with Crippen molar-refractivity contribution in [2.45, 2.75) is 27.2 Å². The highest BCUT2D eigenvalue weighted by Gasteiger charge is 2.24. The van der Waals surface area contributed by atoms with Crippen LogP contribution in [-0.2, 0) is 21.2 Å². The van der Waals surface area contributed by atoms with Crippen LogP contribution in [0.15, 0.2) is 36.4 Å². The predicted octanol–water partition coefficient (Wildman–Crippen LogP) is 2.88. The lowest BCUT2D eigenvalue weighted by atomic mass is 10.1. The normalized spacial score (nSPS) is 11.3. The van der Waals surface area contributed by atoms with Crippen molar-refractivity contribution < 1.29 is 17.6 Å². The summed E-state index contributed by atoms with van der Waals surface area (Å²) >= 11 is 0. The maximum atomic E-state index is 12.9. The van der Waals surface area contributed by atoms with E-state index >= 15 is 0 Å². The van der Waals surface area contributed by atoms with Gasteiger partial charge in [-0.15, -0.1) is 0 Å². The van der Waals surface area contributed by atoms with Gasteiger partial charge in [0.2, 0.25) is 15.9 Å². The quantitative estimate of drug-likeness (QED) is 0.788. The SMILES string of the molecule is Cc1cc(C)c(N(CC(=O)NCCc2ccc(F)cc2)S(C)(=O)=O)c(C)c1. The molecular formula is C20H25FN2O3S. The molecule has 0 aromatic heterocycles. The first kappa shape index (κ1) is 20.9. The maximum Gasteiger partial charge on any atom is 0.240 e. The fourth-order valence-electron chi connectivity index (χ4n) is 3.11. The van der Waals surface area contributed by atoms with Crippen molar-refractivity contribution in [2.75, 3.05) is 23.7 Å². The average molecular weight is 392 g/mol. The van der Waals surface area contributed by atoms with Crippen LogP contribution in [-0.4, -0.2) is 33.7 Å². The van der Waals surface area contributed by atoms with E-state index in [2.05, 4.69) is 5.32 Å². The van der Waals surface area contributed by atoms with E-state index in [-0.39, 0.29) is 18.3 Å². The molecule has 0 heterocycles. The molecule has 0 fully saturated rings. The van der Waals surface area contributed by atoms with Crippen molar-refractivity contribution >= 4 is 21.6 Å². The first-order valence-corrected chi connectivity index (χ1v) is 10.5. The minimum absolute atomic E-state index is 0.285. The summed E-state index contributed by atoms with van der Waals surface area (Å²) in [6, 6.07) is 9.84. The summed E-state index contributed by atoms with van der Waals surface area (Å²) in [5.41, 5.74) is 4.07. The van der Waals surface area contributed by atoms with E-state index in [1.54, 1.807) is 12.1 Å². The summed E-state index contributed by atoms with van der Waals surface area (Å²) in [7, 11) is -3.62. The molecule has 2 aromatic carbocycles. The van der Waals surface area contributed by atoms with Gasteiger partial charge in [0, 0.05) is 6.54 Å². The summed E-state index contributed by atoms with van der Waals surface area (Å²) < 4.78 is 38.6. The molecule has 5 nitrogen and oxygen atoms in total. The van der Waals surface area contributed by atoms with Gasteiger partial charge in [-0.3, -0.25) is 9.10 Å². The van der Waals surface area contributed by atoms with Gasteiger partial charge in [-0.2, -0.15) is 0 Å². The molecule has 0 aliphatic rings. The van der Waals surface area contributed by atoms with E-state index in [0.717, 1.165) is 32.8 Å². The van der Waals surface area contributed by atoms with Crippen LogP contribution in [0.1, 0.15) is 22.3 Å². The number of aryl methyl sites for hydroxylation is 3. The number of hydrogen-bond donors (Lipinski definition) is 1. The van der Waals surface area contributed by atoms with Gasteiger partial charge < -0.3 is 5.32 Å². The van der Waals surface area contributed by atoms with Gasteiger partial charge in [0.1, 0.15) is 12.4 Å². The zero-order valence-electron chi connectivity index (χ0n) is 16.0. The largest absolute Gasteiger partial charge is 0.354 e. The second kappa shape index (κ2) is 8.52. The molecule has 0 saturated heterocycles. The van der Waals surface area contributed by atoms with E-state index < -0.39 is 10.0 Å². The van der Waals surface area contributed by atoms with E-state index in [4.69, 9.17) is 0 Å². The molecule has 27 heavy (non-hydrogen) atoms. The second-order valence-corrected chi connectivity index (χ2v) is 8.65. The molecule has 2 aromatic rings. The lowest BCUT2D eigenvalue weighted by Gasteiger charge is -2.26. The molecule has 0 atom stereocenters. The van der Waals surface area contributed by atoms with Crippen LogP contribution >= 0.6 is 0 Å². The zero-order valence-corrected chi connectivity index (χ0v) is 16.9. The van der Waals surface area contributed by atoms with Crippen molar-refractivity contribution in [1.29, 1.82) is 0 Å². The van der Waals surface area contributed by atoms with E-state index in [0.29, 0.717) is 18.7 Å². The van der Waals surface area contributed by atoms with Crippen LogP contribution in [0.2, 0.25) is 0 Å². The van der Waals surface area contributed by atoms with Crippen LogP contribution in [0.5, 0.6) is 0 Å². The number of rotatable bonds is 7. The Balaban J connectivity index is 2.08. The minimum atomic E-state index is -3.62. The molecule has 1 amide bonds. The molecule has 0 aliphatic heterocycles. The fourth-order valence-corrected chi connectivity index (χ4v) is 4.08. The van der Waals surface area contributed by atoms with Gasteiger partial charge in [0.15, 0.2) is 0 Å². The van der Waals surface area contributed by atoms with E-state index in [1.165, 1.54) is 12.1 Å². The number of anilines is 1. The Hall–Kier alpha value is -2.41. The molecule has 7 heteroatoms. The number of benzene rings is 2. The van der Waals surface area contributed by atoms with Gasteiger partial charge in [-0.05, 0) is 56.0 Å². The Morgan fingerprint density at radius 2 is 1.63 bits per heavy atom. The minimum Gasteiger partial charge on any atom is -0.354 e. The lowest BCUT2D eigenvalue weighted by Crippen LogP contribution is -2.41. The molecule has 146 valence electrons. The van der Waals surface area contributed by atoms with Crippen LogP contribution in [0.3, 0.4) is 0 Å². The number of sulfonamides is 1. The Bertz CT molecular complexity index is 902. The molecule has 0 spiro atoms. The number of carbonyl (C=O) groups is 1. The number of nitrogens with one attached hydrogen (secondary N) is 1. The van der Waals surface area contributed by atoms with Crippen molar-refractivity contribution in [1.82, 2.24) is 5.32 Å². The summed E-state index contributed by atoms with van der Waals surface area (Å²) in [5.74, 6) is -0.697. The van der Waals surface area contributed by atoms with E-state index in [1.807, 2.05) is 32.9 Å². The highest BCUT2D eigenvalue weighted by molar-refractivity contribution is 7.92. The Morgan fingerprint density at radius 1 is 1.07 bits per heavy atom. The van der Waals surface area contributed by atoms with Crippen molar-refractivity contribution in [3.63, 3.8) is 0 Å². The van der Waals surface area contributed by atoms with Gasteiger partial charge in [0.25, 0.3) is 0 Å². The third-order valence-corrected chi connectivity index (χ3v) is 5.33. The fraction of sp³-hybridized carbons (Fsp3) is 0.350. The van der Waals surface area contributed by atoms with Crippen LogP contribution in [0, 0.1) is 26.6 Å². The van der Waals surface area contributed by atoms with Gasteiger partial charge in [0.05, 0.1) is 11.9 Å². The third-order valence-electron chi connectivity index (χ3n) is 4.22. The molecular weight excluding hydrogens is 367 g/mol. The molecule has 0 unspecified atom stereocenters. The standard InChI is InChI=1S/C20H25FN2O3S/c1-14-11-15(2)20(16(3)12-14)23(27(4,25)26)13-19(24)22-10-9-17-5-7-18(21)8-6-17/h5-8,11-12H,9-10,13H2,1-4H3,(H,22,24). The number of halogens is 1. The van der Waals surface area contributed by atoms with Gasteiger partial charge >= 0.3 is 0 Å². The van der Waals surface area contributed by atoms with Gasteiger partial charge in [-0.25, -0.2) is 12.8 Å². The highest BCUT2D eigenvalue weighted by Crippen LogP contribution is 2.28. The van der Waals surface area contributed by atoms with E-state index in [9.17, 15) is 17.6 Å². The Kier molecular flexibility index (Phi) is 6.59. The Morgan fingerprint density at radius 3 is 2.15 bits per heavy atom. The zero-order chi connectivity index (χ0) is 20.2. The molecule has 0 saturated carbocycles. The summed E-state index contributed by atoms with van der Waals surface area (Å²) in [4.78, 5) is 12.3. The first-order chi connectivity index (χ1) is 12.6. The monoisotopic (exact) mass is 392 g/mol. The third kappa shape index (κ3) is 5.79. The summed E-state index contributed by atoms with van der Waals surface area (Å²) in [6.45, 7) is 5.66. The second-order valence-electron chi connectivity index (χ2n) is 6.74. The summed E-state index contributed by atoms with van der Waals surface area (Å²) in [5, 5.41) is 2.73. The molecule has 0 aliphatic carbocycles. The smallest absolute Gasteiger partial charge is 0.240 e. The predicted molar refractivity (Wildman–Crippen MR) is 106 cm³/mol. The number of carbonyl (C=O) groups excluding carboxylic acids is 1. The van der Waals surface area contributed by atoms with Crippen LogP contribution in [0.25, 0.3) is 0 Å². The maximum absolute atomic E-state index is 12.9. The van der Waals surface area contributed by atoms with Crippen molar-refractivity contribution in [3.8, 4) is 0 Å². The molecule has 0 bridgehead atoms. The van der Waals surface area contributed by atoms with Gasteiger partial charge in [-0.1, -0.05) is 29.8 Å². The number of amides is 1. The molecule has 2 rings (SSSR count). The summed E-state index contributed by atoms with van der Waals surface area (Å²) in [6.07, 6.45) is 1.63. The number of hydrogen-bond acceptors (Lipinski definition) is 3. The first-order valence-electron chi connectivity index (χ1n) is 8.64.